The van der Waals surface area contributed by atoms with E-state index in [4.69, 9.17) is 0 Å². The molecule has 1 aliphatic carbocycles. The van der Waals surface area contributed by atoms with Crippen LogP contribution < -0.4 is 5.32 Å². The van der Waals surface area contributed by atoms with Crippen LogP contribution in [0.25, 0.3) is 5.65 Å². The molecule has 4 heterocycles. The highest BCUT2D eigenvalue weighted by Crippen LogP contribution is 2.50. The van der Waals surface area contributed by atoms with Crippen LogP contribution in [-0.2, 0) is 13.2 Å². The van der Waals surface area contributed by atoms with Gasteiger partial charge >= 0.3 is 12.2 Å². The van der Waals surface area contributed by atoms with Crippen LogP contribution in [0.4, 0.5) is 23.7 Å². The standard InChI is InChI=1S/C22H24F3N7O2/c1-13-17(6-14(9-26-13)22(23,24)25)28-20(34)30(3)15-7-21(8-15)11-31(12-21)19(33)16-10-27-32-5-4-29(2)18(16)32/h4-6,9-10,15H,7-8,11-12H2,1-3H3,(H,28,34). The molecule has 1 N–H and O–H groups in total. The Labute approximate surface area is 193 Å². The van der Waals surface area contributed by atoms with E-state index in [1.807, 2.05) is 17.8 Å². The summed E-state index contributed by atoms with van der Waals surface area (Å²) < 4.78 is 42.5. The molecule has 180 valence electrons. The summed E-state index contributed by atoms with van der Waals surface area (Å²) in [5, 5.41) is 6.76. The zero-order chi connectivity index (χ0) is 24.4. The Morgan fingerprint density at radius 2 is 1.91 bits per heavy atom. The number of anilines is 1. The third kappa shape index (κ3) is 3.57. The molecule has 5 rings (SSSR count). The van der Waals surface area contributed by atoms with E-state index >= 15 is 0 Å². The number of carbonyl (C=O) groups is 2. The van der Waals surface area contributed by atoms with Crippen molar-refractivity contribution in [3.05, 3.63) is 47.7 Å². The van der Waals surface area contributed by atoms with Gasteiger partial charge in [-0.1, -0.05) is 0 Å². The first-order valence-electron chi connectivity index (χ1n) is 10.8. The molecule has 0 unspecified atom stereocenters. The molecule has 34 heavy (non-hydrogen) atoms. The maximum absolute atomic E-state index is 13.0. The van der Waals surface area contributed by atoms with Crippen molar-refractivity contribution >= 4 is 23.3 Å². The number of amides is 3. The Morgan fingerprint density at radius 3 is 2.59 bits per heavy atom. The summed E-state index contributed by atoms with van der Waals surface area (Å²) >= 11 is 0. The van der Waals surface area contributed by atoms with E-state index in [9.17, 15) is 22.8 Å². The van der Waals surface area contributed by atoms with Gasteiger partial charge in [0.05, 0.1) is 23.1 Å². The molecule has 3 aromatic heterocycles. The van der Waals surface area contributed by atoms with E-state index in [0.29, 0.717) is 24.3 Å². The molecule has 1 spiro atoms. The van der Waals surface area contributed by atoms with Crippen LogP contribution in [0.3, 0.4) is 0 Å². The first-order chi connectivity index (χ1) is 16.0. The number of fused-ring (bicyclic) bond motifs is 1. The lowest BCUT2D eigenvalue weighted by atomic mass is 9.60. The van der Waals surface area contributed by atoms with Crippen molar-refractivity contribution in [1.29, 1.82) is 0 Å². The number of aromatic nitrogens is 4. The van der Waals surface area contributed by atoms with Crippen molar-refractivity contribution in [2.45, 2.75) is 32.0 Å². The summed E-state index contributed by atoms with van der Waals surface area (Å²) in [5.41, 5.74) is 0.704. The van der Waals surface area contributed by atoms with Crippen LogP contribution in [0.2, 0.25) is 0 Å². The minimum absolute atomic E-state index is 0.0248. The minimum Gasteiger partial charge on any atom is -0.337 e. The summed E-state index contributed by atoms with van der Waals surface area (Å²) in [6.07, 6.45) is 2.88. The second kappa shape index (κ2) is 7.47. The molecule has 1 saturated heterocycles. The van der Waals surface area contributed by atoms with Crippen molar-refractivity contribution in [2.24, 2.45) is 12.5 Å². The van der Waals surface area contributed by atoms with Crippen molar-refractivity contribution in [1.82, 2.24) is 29.0 Å². The first kappa shape index (κ1) is 22.2. The van der Waals surface area contributed by atoms with Crippen molar-refractivity contribution < 1.29 is 22.8 Å². The van der Waals surface area contributed by atoms with Gasteiger partial charge in [-0.05, 0) is 25.8 Å². The fourth-order valence-corrected chi connectivity index (χ4v) is 4.93. The van der Waals surface area contributed by atoms with Crippen molar-refractivity contribution in [3.63, 3.8) is 0 Å². The lowest BCUT2D eigenvalue weighted by Crippen LogP contribution is -2.67. The first-order valence-corrected chi connectivity index (χ1v) is 10.8. The third-order valence-corrected chi connectivity index (χ3v) is 6.97. The number of likely N-dealkylation sites (tertiary alicyclic amines) is 1. The molecule has 0 radical (unpaired) electrons. The maximum Gasteiger partial charge on any atom is 0.417 e. The van der Waals surface area contributed by atoms with Gasteiger partial charge < -0.3 is 19.7 Å². The predicted molar refractivity (Wildman–Crippen MR) is 116 cm³/mol. The molecule has 1 saturated carbocycles. The number of halogens is 3. The van der Waals surface area contributed by atoms with E-state index in [-0.39, 0.29) is 23.1 Å². The predicted octanol–water partition coefficient (Wildman–Crippen LogP) is 3.16. The number of imidazole rings is 1. The second-order valence-corrected chi connectivity index (χ2v) is 9.35. The average molecular weight is 475 g/mol. The van der Waals surface area contributed by atoms with Crippen LogP contribution in [-0.4, -0.2) is 67.1 Å². The summed E-state index contributed by atoms with van der Waals surface area (Å²) in [6, 6.07) is 0.362. The Balaban J connectivity index is 1.17. The number of alkyl halides is 3. The van der Waals surface area contributed by atoms with Crippen LogP contribution >= 0.6 is 0 Å². The van der Waals surface area contributed by atoms with E-state index < -0.39 is 17.8 Å². The number of hydrogen-bond acceptors (Lipinski definition) is 4. The van der Waals surface area contributed by atoms with Crippen LogP contribution in [0.1, 0.15) is 34.5 Å². The Kier molecular flexibility index (Phi) is 4.88. The number of pyridine rings is 1. The molecule has 12 heteroatoms. The highest BCUT2D eigenvalue weighted by atomic mass is 19.4. The smallest absolute Gasteiger partial charge is 0.337 e. The van der Waals surface area contributed by atoms with Crippen molar-refractivity contribution in [3.8, 4) is 0 Å². The molecule has 9 nitrogen and oxygen atoms in total. The fraction of sp³-hybridized carbons (Fsp3) is 0.455. The molecule has 1 aliphatic heterocycles. The minimum atomic E-state index is -4.54. The van der Waals surface area contributed by atoms with Gasteiger partial charge in [0, 0.05) is 57.2 Å². The number of carbonyl (C=O) groups excluding carboxylic acids is 2. The van der Waals surface area contributed by atoms with Gasteiger partial charge in [0.25, 0.3) is 5.91 Å². The van der Waals surface area contributed by atoms with E-state index in [1.54, 1.807) is 28.9 Å². The molecular weight excluding hydrogens is 451 g/mol. The van der Waals surface area contributed by atoms with Gasteiger partial charge in [-0.3, -0.25) is 9.78 Å². The summed E-state index contributed by atoms with van der Waals surface area (Å²) in [4.78, 5) is 32.7. The number of hydrogen-bond donors (Lipinski definition) is 1. The normalized spacial score (nSPS) is 17.5. The van der Waals surface area contributed by atoms with E-state index in [1.165, 1.54) is 11.8 Å². The van der Waals surface area contributed by atoms with Gasteiger partial charge in [-0.2, -0.15) is 18.3 Å². The van der Waals surface area contributed by atoms with Gasteiger partial charge in [0.15, 0.2) is 0 Å². The Bertz CT molecular complexity index is 1280. The number of nitrogens with zero attached hydrogens (tertiary/aromatic N) is 6. The molecule has 0 bridgehead atoms. The quantitative estimate of drug-likeness (QED) is 0.631. The largest absolute Gasteiger partial charge is 0.417 e. The Hall–Kier alpha value is -3.57. The highest BCUT2D eigenvalue weighted by molar-refractivity contribution is 6.00. The third-order valence-electron chi connectivity index (χ3n) is 6.97. The zero-order valence-corrected chi connectivity index (χ0v) is 18.9. The fourth-order valence-electron chi connectivity index (χ4n) is 4.93. The summed E-state index contributed by atoms with van der Waals surface area (Å²) in [5.74, 6) is -0.0653. The van der Waals surface area contributed by atoms with Crippen LogP contribution in [0.5, 0.6) is 0 Å². The number of aryl methyl sites for hydroxylation is 2. The topological polar surface area (TPSA) is 87.8 Å². The van der Waals surface area contributed by atoms with Gasteiger partial charge in [-0.25, -0.2) is 9.31 Å². The molecule has 0 aromatic carbocycles. The molecule has 0 atom stereocenters. The lowest BCUT2D eigenvalue weighted by molar-refractivity contribution is -0.137. The van der Waals surface area contributed by atoms with E-state index in [2.05, 4.69) is 15.4 Å². The van der Waals surface area contributed by atoms with Gasteiger partial charge in [0.2, 0.25) is 0 Å². The Morgan fingerprint density at radius 1 is 1.21 bits per heavy atom. The maximum atomic E-state index is 13.0. The number of urea groups is 1. The lowest BCUT2D eigenvalue weighted by Gasteiger charge is -2.60. The average Bonchev–Trinajstić information content (AvgIpc) is 3.29. The summed E-state index contributed by atoms with van der Waals surface area (Å²) in [7, 11) is 3.49. The zero-order valence-electron chi connectivity index (χ0n) is 18.9. The van der Waals surface area contributed by atoms with Gasteiger partial charge in [0.1, 0.15) is 11.2 Å². The monoisotopic (exact) mass is 475 g/mol. The SMILES string of the molecule is Cc1ncc(C(F)(F)F)cc1NC(=O)N(C)C1CC2(C1)CN(C(=O)c1cnn3ccn(C)c13)C2. The molecular formula is C22H24F3N7O2. The second-order valence-electron chi connectivity index (χ2n) is 9.35. The summed E-state index contributed by atoms with van der Waals surface area (Å²) in [6.45, 7) is 2.75. The number of nitrogens with one attached hydrogen (secondary N) is 1. The number of rotatable bonds is 3. The van der Waals surface area contributed by atoms with Gasteiger partial charge in [-0.15, -0.1) is 0 Å². The van der Waals surface area contributed by atoms with Crippen LogP contribution in [0, 0.1) is 12.3 Å². The molecule has 2 aliphatic rings. The molecule has 3 aromatic rings. The van der Waals surface area contributed by atoms with Crippen LogP contribution in [0.15, 0.2) is 30.9 Å². The van der Waals surface area contributed by atoms with E-state index in [0.717, 1.165) is 30.8 Å². The van der Waals surface area contributed by atoms with Crippen molar-refractivity contribution in [2.75, 3.05) is 25.5 Å². The highest BCUT2D eigenvalue weighted by Gasteiger charge is 2.55. The molecule has 3 amide bonds. The molecule has 2 fully saturated rings.